The summed E-state index contributed by atoms with van der Waals surface area (Å²) in [6, 6.07) is 15.0. The number of pyridine rings is 1. The number of rotatable bonds is 8. The molecule has 2 heterocycles. The molecule has 29 heavy (non-hydrogen) atoms. The average molecular weight is 396 g/mol. The van der Waals surface area contributed by atoms with Gasteiger partial charge in [-0.2, -0.15) is 0 Å². The Hall–Kier alpha value is -2.93. The van der Waals surface area contributed by atoms with Gasteiger partial charge in [-0.15, -0.1) is 0 Å². The van der Waals surface area contributed by atoms with Crippen molar-refractivity contribution in [2.24, 2.45) is 0 Å². The zero-order valence-corrected chi connectivity index (χ0v) is 16.5. The molecule has 1 fully saturated rings. The number of carbonyl (C=O) groups excluding carboxylic acids is 2. The van der Waals surface area contributed by atoms with Crippen LogP contribution in [0.5, 0.6) is 5.75 Å². The van der Waals surface area contributed by atoms with Gasteiger partial charge in [0.1, 0.15) is 5.75 Å². The molecule has 0 saturated carbocycles. The van der Waals surface area contributed by atoms with Crippen LogP contribution in [0.2, 0.25) is 0 Å². The number of aromatic nitrogens is 1. The largest absolute Gasteiger partial charge is 0.484 e. The van der Waals surface area contributed by atoms with E-state index < -0.39 is 0 Å². The summed E-state index contributed by atoms with van der Waals surface area (Å²) in [5.41, 5.74) is 0.844. The minimum atomic E-state index is -0.317. The number of carbonyl (C=O) groups is 2. The van der Waals surface area contributed by atoms with Crippen LogP contribution < -0.4 is 15.4 Å². The van der Waals surface area contributed by atoms with Crippen molar-refractivity contribution in [1.29, 1.82) is 0 Å². The van der Waals surface area contributed by atoms with E-state index in [0.717, 1.165) is 38.0 Å². The van der Waals surface area contributed by atoms with Crippen LogP contribution in [0.1, 0.15) is 25.0 Å². The normalized spacial score (nSPS) is 16.5. The van der Waals surface area contributed by atoms with Gasteiger partial charge in [0.15, 0.2) is 6.61 Å². The van der Waals surface area contributed by atoms with Crippen LogP contribution in [0, 0.1) is 0 Å². The van der Waals surface area contributed by atoms with E-state index >= 15 is 0 Å². The van der Waals surface area contributed by atoms with E-state index in [1.807, 2.05) is 41.3 Å². The Morgan fingerprint density at radius 1 is 1.10 bits per heavy atom. The van der Waals surface area contributed by atoms with E-state index in [-0.39, 0.29) is 31.0 Å². The summed E-state index contributed by atoms with van der Waals surface area (Å²) < 4.78 is 5.43. The molecule has 1 saturated heterocycles. The molecule has 7 heteroatoms. The third-order valence-corrected chi connectivity index (χ3v) is 4.91. The van der Waals surface area contributed by atoms with E-state index in [1.165, 1.54) is 0 Å². The fourth-order valence-corrected chi connectivity index (χ4v) is 3.39. The molecule has 7 nitrogen and oxygen atoms in total. The first kappa shape index (κ1) is 20.8. The highest BCUT2D eigenvalue weighted by Gasteiger charge is 2.25. The van der Waals surface area contributed by atoms with Crippen molar-refractivity contribution in [2.75, 3.05) is 26.2 Å². The molecular weight excluding hydrogens is 368 g/mol. The van der Waals surface area contributed by atoms with Crippen LogP contribution in [-0.4, -0.2) is 54.0 Å². The smallest absolute Gasteiger partial charge is 0.258 e. The van der Waals surface area contributed by atoms with Crippen molar-refractivity contribution < 1.29 is 14.3 Å². The van der Waals surface area contributed by atoms with Crippen molar-refractivity contribution in [2.45, 2.75) is 31.8 Å². The molecule has 2 amide bonds. The number of benzene rings is 1. The van der Waals surface area contributed by atoms with Gasteiger partial charge in [0.05, 0.1) is 18.8 Å². The predicted molar refractivity (Wildman–Crippen MR) is 110 cm³/mol. The molecule has 154 valence electrons. The number of hydrogen-bond donors (Lipinski definition) is 2. The molecule has 1 aromatic carbocycles. The van der Waals surface area contributed by atoms with Gasteiger partial charge in [0, 0.05) is 12.2 Å². The van der Waals surface area contributed by atoms with Gasteiger partial charge in [-0.25, -0.2) is 0 Å². The summed E-state index contributed by atoms with van der Waals surface area (Å²) in [5, 5.41) is 6.06. The molecule has 1 unspecified atom stereocenters. The van der Waals surface area contributed by atoms with Crippen LogP contribution in [0.3, 0.4) is 0 Å². The van der Waals surface area contributed by atoms with Gasteiger partial charge < -0.3 is 20.3 Å². The number of ether oxygens (including phenoxy) is 1. The lowest BCUT2D eigenvalue weighted by atomic mass is 10.1. The maximum Gasteiger partial charge on any atom is 0.258 e. The van der Waals surface area contributed by atoms with Gasteiger partial charge in [0.2, 0.25) is 5.91 Å². The second-order valence-corrected chi connectivity index (χ2v) is 7.06. The van der Waals surface area contributed by atoms with Gasteiger partial charge in [-0.1, -0.05) is 24.3 Å². The molecule has 1 aliphatic heterocycles. The van der Waals surface area contributed by atoms with Crippen molar-refractivity contribution in [3.63, 3.8) is 0 Å². The van der Waals surface area contributed by atoms with Crippen molar-refractivity contribution in [1.82, 2.24) is 20.5 Å². The first-order valence-corrected chi connectivity index (χ1v) is 10.1. The molecule has 2 N–H and O–H groups in total. The lowest BCUT2D eigenvalue weighted by molar-refractivity contribution is -0.136. The molecule has 0 aliphatic carbocycles. The Balaban J connectivity index is 1.55. The van der Waals surface area contributed by atoms with Crippen molar-refractivity contribution >= 4 is 11.8 Å². The fraction of sp³-hybridized carbons (Fsp3) is 0.409. The lowest BCUT2D eigenvalue weighted by Gasteiger charge is -2.31. The Bertz CT molecular complexity index is 762. The van der Waals surface area contributed by atoms with Gasteiger partial charge in [0.25, 0.3) is 5.91 Å². The highest BCUT2D eigenvalue weighted by atomic mass is 16.5. The quantitative estimate of drug-likeness (QED) is 0.710. The molecule has 1 aliphatic rings. The van der Waals surface area contributed by atoms with E-state index in [9.17, 15) is 9.59 Å². The van der Waals surface area contributed by atoms with Crippen LogP contribution in [-0.2, 0) is 16.1 Å². The summed E-state index contributed by atoms with van der Waals surface area (Å²) >= 11 is 0. The molecule has 0 bridgehead atoms. The standard InChI is InChI=1S/C22H28N4O3/c27-21(17-29-20-9-2-1-3-10-20)25-15-22(28)26(16-18-7-4-5-13-24-18)19-8-6-12-23-14-11-19/h1-5,7,9-10,13,19,23H,6,8,11-12,14-17H2,(H,25,27). The van der Waals surface area contributed by atoms with Crippen molar-refractivity contribution in [3.05, 3.63) is 60.4 Å². The van der Waals surface area contributed by atoms with Gasteiger partial charge in [-0.05, 0) is 56.6 Å². The predicted octanol–water partition coefficient (Wildman–Crippen LogP) is 1.75. The first-order chi connectivity index (χ1) is 14.2. The third-order valence-electron chi connectivity index (χ3n) is 4.91. The molecule has 0 spiro atoms. The summed E-state index contributed by atoms with van der Waals surface area (Å²) in [7, 11) is 0. The Morgan fingerprint density at radius 2 is 1.93 bits per heavy atom. The Kier molecular flexibility index (Phi) is 8.01. The monoisotopic (exact) mass is 396 g/mol. The average Bonchev–Trinajstić information content (AvgIpc) is 3.05. The second-order valence-electron chi connectivity index (χ2n) is 7.06. The number of hydrogen-bond acceptors (Lipinski definition) is 5. The molecule has 2 aromatic rings. The van der Waals surface area contributed by atoms with Crippen molar-refractivity contribution in [3.8, 4) is 5.75 Å². The number of amides is 2. The minimum Gasteiger partial charge on any atom is -0.484 e. The Morgan fingerprint density at radius 3 is 2.72 bits per heavy atom. The molecule has 3 rings (SSSR count). The fourth-order valence-electron chi connectivity index (χ4n) is 3.39. The van der Waals surface area contributed by atoms with Crippen LogP contribution in [0.25, 0.3) is 0 Å². The zero-order valence-electron chi connectivity index (χ0n) is 16.5. The number of nitrogens with zero attached hydrogens (tertiary/aromatic N) is 2. The molecule has 0 radical (unpaired) electrons. The number of nitrogens with one attached hydrogen (secondary N) is 2. The highest BCUT2D eigenvalue weighted by molar-refractivity contribution is 5.85. The van der Waals surface area contributed by atoms with Gasteiger partial charge in [-0.3, -0.25) is 14.6 Å². The maximum absolute atomic E-state index is 13.0. The highest BCUT2D eigenvalue weighted by Crippen LogP contribution is 2.16. The molecule has 1 aromatic heterocycles. The number of para-hydroxylation sites is 1. The van der Waals surface area contributed by atoms with E-state index in [2.05, 4.69) is 15.6 Å². The second kappa shape index (κ2) is 11.2. The summed E-state index contributed by atoms with van der Waals surface area (Å²) in [4.78, 5) is 31.3. The van der Waals surface area contributed by atoms with Crippen LogP contribution in [0.4, 0.5) is 0 Å². The van der Waals surface area contributed by atoms with E-state index in [0.29, 0.717) is 12.3 Å². The van der Waals surface area contributed by atoms with Crippen LogP contribution in [0.15, 0.2) is 54.7 Å². The summed E-state index contributed by atoms with van der Waals surface area (Å²) in [6.45, 7) is 2.13. The van der Waals surface area contributed by atoms with E-state index in [1.54, 1.807) is 18.3 Å². The van der Waals surface area contributed by atoms with Gasteiger partial charge >= 0.3 is 0 Å². The van der Waals surface area contributed by atoms with E-state index in [4.69, 9.17) is 4.74 Å². The minimum absolute atomic E-state index is 0.0479. The topological polar surface area (TPSA) is 83.6 Å². The Labute approximate surface area is 171 Å². The molecule has 1 atom stereocenters. The SMILES string of the molecule is O=C(COc1ccccc1)NCC(=O)N(Cc1ccccn1)C1CCCNCC1. The van der Waals surface area contributed by atoms with Crippen LogP contribution >= 0.6 is 0 Å². The lowest BCUT2D eigenvalue weighted by Crippen LogP contribution is -2.46. The zero-order chi connectivity index (χ0) is 20.3. The molecular formula is C22H28N4O3. The summed E-state index contributed by atoms with van der Waals surface area (Å²) in [5.74, 6) is 0.204. The third kappa shape index (κ3) is 6.87. The summed E-state index contributed by atoms with van der Waals surface area (Å²) in [6.07, 6.45) is 4.59. The first-order valence-electron chi connectivity index (χ1n) is 10.1. The maximum atomic E-state index is 13.0.